The molecule has 1 aliphatic carbocycles. The first-order chi connectivity index (χ1) is 5.61. The third kappa shape index (κ3) is 1.21. The van der Waals surface area contributed by atoms with Crippen LogP contribution in [0.3, 0.4) is 0 Å². The van der Waals surface area contributed by atoms with E-state index < -0.39 is 11.2 Å². The fourth-order valence-electron chi connectivity index (χ4n) is 1.47. The van der Waals surface area contributed by atoms with E-state index in [1.165, 1.54) is 0 Å². The summed E-state index contributed by atoms with van der Waals surface area (Å²) in [4.78, 5) is 25.1. The second-order valence-electron chi connectivity index (χ2n) is 3.22. The minimum atomic E-state index is -0.924. The molecule has 1 rings (SSSR count). The van der Waals surface area contributed by atoms with Crippen LogP contribution < -0.4 is 0 Å². The average molecular weight is 166 g/mol. The molecular formula is C8H10N2O2. The van der Waals surface area contributed by atoms with E-state index in [4.69, 9.17) is 5.53 Å². The fraction of sp³-hybridized carbons (Fsp3) is 0.625. The zero-order valence-electron chi connectivity index (χ0n) is 6.91. The Kier molecular flexibility index (Phi) is 2.20. The van der Waals surface area contributed by atoms with Crippen molar-refractivity contribution in [1.29, 1.82) is 0 Å². The smallest absolute Gasteiger partial charge is 0.324 e. The zero-order valence-corrected chi connectivity index (χ0v) is 6.91. The number of carbonyl (C=O) groups excluding carboxylic acids is 2. The summed E-state index contributed by atoms with van der Waals surface area (Å²) in [6.07, 6.45) is 2.59. The van der Waals surface area contributed by atoms with Crippen LogP contribution in [0.2, 0.25) is 0 Å². The summed E-state index contributed by atoms with van der Waals surface area (Å²) in [5.74, 6) is -0.445. The average Bonchev–Trinajstić information content (AvgIpc) is 2.34. The van der Waals surface area contributed by atoms with E-state index in [9.17, 15) is 9.59 Å². The number of hydrogen-bond donors (Lipinski definition) is 0. The molecule has 12 heavy (non-hydrogen) atoms. The highest BCUT2D eigenvalue weighted by Gasteiger charge is 2.44. The van der Waals surface area contributed by atoms with E-state index in [1.54, 1.807) is 6.92 Å². The molecular weight excluding hydrogens is 156 g/mol. The van der Waals surface area contributed by atoms with E-state index in [2.05, 4.69) is 4.79 Å². The quantitative estimate of drug-likeness (QED) is 0.261. The molecule has 0 aromatic rings. The molecule has 1 unspecified atom stereocenters. The zero-order chi connectivity index (χ0) is 9.19. The molecule has 0 spiro atoms. The highest BCUT2D eigenvalue weighted by atomic mass is 16.2. The molecule has 0 N–H and O–H groups in total. The minimum absolute atomic E-state index is 0.0487. The molecule has 1 fully saturated rings. The molecule has 0 saturated heterocycles. The topological polar surface area (TPSA) is 70.5 Å². The first-order valence-corrected chi connectivity index (χ1v) is 3.86. The van der Waals surface area contributed by atoms with Crippen molar-refractivity contribution in [2.24, 2.45) is 5.41 Å². The van der Waals surface area contributed by atoms with Crippen molar-refractivity contribution in [2.75, 3.05) is 0 Å². The maximum absolute atomic E-state index is 11.2. The summed E-state index contributed by atoms with van der Waals surface area (Å²) in [5.41, 5.74) is 7.21. The highest BCUT2D eigenvalue weighted by Crippen LogP contribution is 2.34. The predicted molar refractivity (Wildman–Crippen MR) is 41.7 cm³/mol. The normalized spacial score (nSPS) is 28.2. The lowest BCUT2D eigenvalue weighted by molar-refractivity contribution is -0.135. The number of Topliss-reactive ketones (excluding diaryl/α,β-unsaturated/α-hetero) is 2. The maximum Gasteiger partial charge on any atom is 0.324 e. The predicted octanol–water partition coefficient (Wildman–Crippen LogP) is 0.615. The largest absolute Gasteiger partial charge is 0.361 e. The van der Waals surface area contributed by atoms with Crippen LogP contribution in [-0.4, -0.2) is 22.6 Å². The van der Waals surface area contributed by atoms with E-state index in [-0.39, 0.29) is 5.78 Å². The molecule has 0 radical (unpaired) electrons. The van der Waals surface area contributed by atoms with Gasteiger partial charge in [0.1, 0.15) is 5.78 Å². The standard InChI is InChI=1S/C8H10N2O2/c1-8(7(12)5-10-9)4-2-3-6(8)11/h5H,2-4H2,1H3. The van der Waals surface area contributed by atoms with Gasteiger partial charge < -0.3 is 5.53 Å². The lowest BCUT2D eigenvalue weighted by atomic mass is 9.83. The molecule has 1 aliphatic rings. The molecule has 4 nitrogen and oxygen atoms in total. The van der Waals surface area contributed by atoms with Crippen LogP contribution in [0, 0.1) is 5.41 Å². The van der Waals surface area contributed by atoms with E-state index in [0.29, 0.717) is 12.8 Å². The van der Waals surface area contributed by atoms with Gasteiger partial charge >= 0.3 is 6.21 Å². The summed E-state index contributed by atoms with van der Waals surface area (Å²) >= 11 is 0. The van der Waals surface area contributed by atoms with E-state index >= 15 is 0 Å². The molecule has 0 aromatic heterocycles. The summed E-state index contributed by atoms with van der Waals surface area (Å²) in [6, 6.07) is 0. The molecule has 0 aromatic carbocycles. The van der Waals surface area contributed by atoms with Gasteiger partial charge in [0.05, 0.1) is 5.41 Å². The lowest BCUT2D eigenvalue weighted by Gasteiger charge is -2.14. The third-order valence-electron chi connectivity index (χ3n) is 2.41. The molecule has 1 atom stereocenters. The van der Waals surface area contributed by atoms with Crippen LogP contribution in [0.15, 0.2) is 0 Å². The van der Waals surface area contributed by atoms with Gasteiger partial charge in [-0.3, -0.25) is 9.59 Å². The van der Waals surface area contributed by atoms with Crippen molar-refractivity contribution in [1.82, 2.24) is 0 Å². The molecule has 64 valence electrons. The van der Waals surface area contributed by atoms with Crippen molar-refractivity contribution < 1.29 is 14.4 Å². The van der Waals surface area contributed by atoms with Crippen LogP contribution in [0.5, 0.6) is 0 Å². The summed E-state index contributed by atoms with van der Waals surface area (Å²) in [5, 5.41) is 0. The molecule has 0 heterocycles. The van der Waals surface area contributed by atoms with Gasteiger partial charge in [0.2, 0.25) is 5.78 Å². The van der Waals surface area contributed by atoms with Crippen LogP contribution in [-0.2, 0) is 9.59 Å². The van der Waals surface area contributed by atoms with Crippen molar-refractivity contribution in [3.05, 3.63) is 5.53 Å². The Morgan fingerprint density at radius 1 is 1.75 bits per heavy atom. The number of nitrogens with zero attached hydrogens (tertiary/aromatic N) is 2. The number of rotatable bonds is 2. The van der Waals surface area contributed by atoms with Gasteiger partial charge in [0, 0.05) is 6.42 Å². The van der Waals surface area contributed by atoms with Gasteiger partial charge in [-0.25, -0.2) is 0 Å². The Hall–Kier alpha value is -1.28. The summed E-state index contributed by atoms with van der Waals surface area (Å²) < 4.78 is 0. The fourth-order valence-corrected chi connectivity index (χ4v) is 1.47. The van der Waals surface area contributed by atoms with Gasteiger partial charge in [0.25, 0.3) is 0 Å². The van der Waals surface area contributed by atoms with Gasteiger partial charge in [-0.15, -0.1) is 0 Å². The van der Waals surface area contributed by atoms with Crippen molar-refractivity contribution in [2.45, 2.75) is 26.2 Å². The third-order valence-corrected chi connectivity index (χ3v) is 2.41. The molecule has 0 aliphatic heterocycles. The number of hydrogen-bond acceptors (Lipinski definition) is 2. The Bertz CT molecular complexity index is 279. The van der Waals surface area contributed by atoms with Crippen molar-refractivity contribution >= 4 is 17.8 Å². The Balaban J connectivity index is 2.91. The first kappa shape index (κ1) is 8.81. The van der Waals surface area contributed by atoms with Crippen LogP contribution >= 0.6 is 0 Å². The Morgan fingerprint density at radius 2 is 2.42 bits per heavy atom. The van der Waals surface area contributed by atoms with Gasteiger partial charge in [-0.05, 0) is 19.8 Å². The highest BCUT2D eigenvalue weighted by molar-refractivity contribution is 6.33. The molecule has 0 amide bonds. The Morgan fingerprint density at radius 3 is 2.83 bits per heavy atom. The monoisotopic (exact) mass is 166 g/mol. The van der Waals surface area contributed by atoms with Gasteiger partial charge in [-0.1, -0.05) is 0 Å². The molecule has 4 heteroatoms. The van der Waals surface area contributed by atoms with E-state index in [1.807, 2.05) is 0 Å². The SMILES string of the molecule is CC1(C(=O)C=[N+]=[N-])CCCC1=O. The van der Waals surface area contributed by atoms with Gasteiger partial charge in [0.15, 0.2) is 0 Å². The Labute approximate surface area is 70.2 Å². The second kappa shape index (κ2) is 2.99. The second-order valence-corrected chi connectivity index (χ2v) is 3.22. The van der Waals surface area contributed by atoms with Crippen LogP contribution in [0.4, 0.5) is 0 Å². The van der Waals surface area contributed by atoms with Crippen LogP contribution in [0.1, 0.15) is 26.2 Å². The summed E-state index contributed by atoms with van der Waals surface area (Å²) in [6.45, 7) is 1.60. The first-order valence-electron chi connectivity index (χ1n) is 3.86. The molecule has 0 bridgehead atoms. The van der Waals surface area contributed by atoms with E-state index in [0.717, 1.165) is 12.6 Å². The van der Waals surface area contributed by atoms with Gasteiger partial charge in [-0.2, -0.15) is 4.79 Å². The summed E-state index contributed by atoms with van der Waals surface area (Å²) in [7, 11) is 0. The number of carbonyl (C=O) groups is 2. The minimum Gasteiger partial charge on any atom is -0.361 e. The van der Waals surface area contributed by atoms with Crippen molar-refractivity contribution in [3.63, 3.8) is 0 Å². The maximum atomic E-state index is 11.2. The van der Waals surface area contributed by atoms with Crippen molar-refractivity contribution in [3.8, 4) is 0 Å². The number of ketones is 2. The van der Waals surface area contributed by atoms with Crippen LogP contribution in [0.25, 0.3) is 5.53 Å². The lowest BCUT2D eigenvalue weighted by Crippen LogP contribution is -2.32. The molecule has 1 saturated carbocycles.